The number of nitrogens with one attached hydrogen (secondary N) is 1. The topological polar surface area (TPSA) is 59.3 Å². The van der Waals surface area contributed by atoms with E-state index in [-0.39, 0.29) is 0 Å². The number of piperidine rings is 1. The number of aromatic nitrogens is 3. The van der Waals surface area contributed by atoms with Crippen molar-refractivity contribution in [1.82, 2.24) is 19.9 Å². The molecule has 88 valence electrons. The smallest absolute Gasteiger partial charge is 0.166 e. The average Bonchev–Trinajstić information content (AvgIpc) is 2.83. The highest BCUT2D eigenvalue weighted by atomic mass is 16.1. The quantitative estimate of drug-likeness (QED) is 0.782. The first-order valence-electron chi connectivity index (χ1n) is 5.90. The molecule has 0 bridgehead atoms. The van der Waals surface area contributed by atoms with Gasteiger partial charge in [0.05, 0.1) is 5.69 Å². The highest BCUT2D eigenvalue weighted by molar-refractivity contribution is 5.74. The first-order chi connectivity index (χ1) is 8.40. The van der Waals surface area contributed by atoms with Crippen molar-refractivity contribution in [2.24, 2.45) is 0 Å². The van der Waals surface area contributed by atoms with Crippen LogP contribution in [0, 0.1) is 0 Å². The maximum absolute atomic E-state index is 11.1. The largest absolute Gasteiger partial charge is 0.316 e. The lowest BCUT2D eigenvalue weighted by Crippen LogP contribution is -2.29. The zero-order chi connectivity index (χ0) is 11.7. The fraction of sp³-hybridized carbons (Fsp3) is 0.417. The molecule has 1 saturated heterocycles. The molecule has 17 heavy (non-hydrogen) atoms. The number of rotatable bonds is 2. The third-order valence-electron chi connectivity index (χ3n) is 3.27. The second-order valence-corrected chi connectivity index (χ2v) is 4.36. The third kappa shape index (κ3) is 1.72. The summed E-state index contributed by atoms with van der Waals surface area (Å²) >= 11 is 0. The van der Waals surface area contributed by atoms with E-state index in [1.165, 1.54) is 0 Å². The molecule has 1 aliphatic rings. The SMILES string of the molecule is O=Cc1cccc2nnc(C3CCCNC3)n12. The number of hydrogen-bond donors (Lipinski definition) is 1. The Labute approximate surface area is 98.9 Å². The Hall–Kier alpha value is -1.75. The van der Waals surface area contributed by atoms with Crippen LogP contribution in [0.15, 0.2) is 18.2 Å². The molecule has 1 unspecified atom stereocenters. The van der Waals surface area contributed by atoms with Crippen molar-refractivity contribution in [3.05, 3.63) is 29.7 Å². The minimum atomic E-state index is 0.347. The average molecular weight is 230 g/mol. The zero-order valence-corrected chi connectivity index (χ0v) is 9.47. The molecule has 3 rings (SSSR count). The van der Waals surface area contributed by atoms with Crippen molar-refractivity contribution in [3.8, 4) is 0 Å². The van der Waals surface area contributed by atoms with E-state index in [2.05, 4.69) is 15.5 Å². The maximum atomic E-state index is 11.1. The molecule has 0 radical (unpaired) electrons. The monoisotopic (exact) mass is 230 g/mol. The molecule has 1 atom stereocenters. The number of carbonyl (C=O) groups excluding carboxylic acids is 1. The molecular weight excluding hydrogens is 216 g/mol. The van der Waals surface area contributed by atoms with Gasteiger partial charge >= 0.3 is 0 Å². The Bertz CT molecular complexity index is 542. The normalized spacial score (nSPS) is 20.6. The van der Waals surface area contributed by atoms with E-state index in [0.29, 0.717) is 11.6 Å². The fourth-order valence-electron chi connectivity index (χ4n) is 2.42. The summed E-state index contributed by atoms with van der Waals surface area (Å²) in [5.74, 6) is 1.25. The standard InChI is InChI=1S/C12H14N4O/c17-8-10-4-1-5-11-14-15-12(16(10)11)9-3-2-6-13-7-9/h1,4-5,8-9,13H,2-3,6-7H2. The second-order valence-electron chi connectivity index (χ2n) is 4.36. The number of pyridine rings is 1. The molecule has 0 amide bonds. The third-order valence-corrected chi connectivity index (χ3v) is 3.27. The maximum Gasteiger partial charge on any atom is 0.166 e. The van der Waals surface area contributed by atoms with Crippen molar-refractivity contribution in [2.75, 3.05) is 13.1 Å². The van der Waals surface area contributed by atoms with Crippen molar-refractivity contribution < 1.29 is 4.79 Å². The highest BCUT2D eigenvalue weighted by Crippen LogP contribution is 2.22. The highest BCUT2D eigenvalue weighted by Gasteiger charge is 2.21. The van der Waals surface area contributed by atoms with Crippen LogP contribution in [-0.2, 0) is 0 Å². The minimum Gasteiger partial charge on any atom is -0.316 e. The van der Waals surface area contributed by atoms with Gasteiger partial charge in [-0.15, -0.1) is 10.2 Å². The Kier molecular flexibility index (Phi) is 2.60. The van der Waals surface area contributed by atoms with E-state index < -0.39 is 0 Å². The van der Waals surface area contributed by atoms with Gasteiger partial charge in [-0.25, -0.2) is 0 Å². The van der Waals surface area contributed by atoms with Crippen LogP contribution < -0.4 is 5.32 Å². The van der Waals surface area contributed by atoms with Crippen LogP contribution >= 0.6 is 0 Å². The van der Waals surface area contributed by atoms with Crippen LogP contribution in [0.3, 0.4) is 0 Å². The Morgan fingerprint density at radius 1 is 1.41 bits per heavy atom. The molecule has 1 aliphatic heterocycles. The molecule has 2 aromatic heterocycles. The van der Waals surface area contributed by atoms with Crippen LogP contribution in [0.25, 0.3) is 5.65 Å². The van der Waals surface area contributed by atoms with Gasteiger partial charge in [-0.2, -0.15) is 0 Å². The van der Waals surface area contributed by atoms with E-state index in [9.17, 15) is 4.79 Å². The molecule has 5 nitrogen and oxygen atoms in total. The van der Waals surface area contributed by atoms with Crippen LogP contribution in [0.1, 0.15) is 35.1 Å². The Balaban J connectivity index is 2.12. The van der Waals surface area contributed by atoms with Crippen LogP contribution in [0.2, 0.25) is 0 Å². The van der Waals surface area contributed by atoms with Gasteiger partial charge in [0.1, 0.15) is 5.82 Å². The molecular formula is C12H14N4O. The summed E-state index contributed by atoms with van der Waals surface area (Å²) in [6.45, 7) is 1.97. The number of nitrogens with zero attached hydrogens (tertiary/aromatic N) is 3. The van der Waals surface area contributed by atoms with Gasteiger partial charge in [0.2, 0.25) is 0 Å². The summed E-state index contributed by atoms with van der Waals surface area (Å²) in [4.78, 5) is 11.1. The van der Waals surface area contributed by atoms with E-state index in [1.807, 2.05) is 16.5 Å². The first kappa shape index (κ1) is 10.4. The van der Waals surface area contributed by atoms with E-state index >= 15 is 0 Å². The molecule has 1 fully saturated rings. The number of fused-ring (bicyclic) bond motifs is 1. The lowest BCUT2D eigenvalue weighted by Gasteiger charge is -2.21. The van der Waals surface area contributed by atoms with Crippen molar-refractivity contribution in [1.29, 1.82) is 0 Å². The van der Waals surface area contributed by atoms with Gasteiger partial charge in [-0.1, -0.05) is 6.07 Å². The number of aldehydes is 1. The van der Waals surface area contributed by atoms with Gasteiger partial charge in [0, 0.05) is 12.5 Å². The molecule has 0 aliphatic carbocycles. The molecule has 1 N–H and O–H groups in total. The fourth-order valence-corrected chi connectivity index (χ4v) is 2.42. The first-order valence-corrected chi connectivity index (χ1v) is 5.90. The molecule has 0 saturated carbocycles. The summed E-state index contributed by atoms with van der Waals surface area (Å²) in [5, 5.41) is 11.7. The Morgan fingerprint density at radius 3 is 3.12 bits per heavy atom. The van der Waals surface area contributed by atoms with Crippen LogP contribution in [-0.4, -0.2) is 34.0 Å². The summed E-state index contributed by atoms with van der Waals surface area (Å²) in [7, 11) is 0. The predicted molar refractivity (Wildman–Crippen MR) is 63.2 cm³/mol. The molecule has 3 heterocycles. The predicted octanol–water partition coefficient (Wildman–Crippen LogP) is 1.01. The van der Waals surface area contributed by atoms with Crippen molar-refractivity contribution in [2.45, 2.75) is 18.8 Å². The van der Waals surface area contributed by atoms with Crippen LogP contribution in [0.5, 0.6) is 0 Å². The van der Waals surface area contributed by atoms with E-state index in [1.54, 1.807) is 6.07 Å². The van der Waals surface area contributed by atoms with E-state index in [4.69, 9.17) is 0 Å². The molecule has 5 heteroatoms. The molecule has 0 aromatic carbocycles. The van der Waals surface area contributed by atoms with Gasteiger partial charge in [0.15, 0.2) is 11.9 Å². The Morgan fingerprint density at radius 2 is 2.35 bits per heavy atom. The van der Waals surface area contributed by atoms with Gasteiger partial charge < -0.3 is 5.32 Å². The molecule has 2 aromatic rings. The number of carbonyl (C=O) groups is 1. The molecule has 0 spiro atoms. The van der Waals surface area contributed by atoms with E-state index in [0.717, 1.165) is 43.7 Å². The van der Waals surface area contributed by atoms with Crippen molar-refractivity contribution in [3.63, 3.8) is 0 Å². The zero-order valence-electron chi connectivity index (χ0n) is 9.47. The van der Waals surface area contributed by atoms with Gasteiger partial charge in [-0.3, -0.25) is 9.20 Å². The summed E-state index contributed by atoms with van der Waals surface area (Å²) in [6.07, 6.45) is 3.10. The lowest BCUT2D eigenvalue weighted by molar-refractivity contribution is 0.111. The number of hydrogen-bond acceptors (Lipinski definition) is 4. The minimum absolute atomic E-state index is 0.347. The lowest BCUT2D eigenvalue weighted by atomic mass is 9.99. The second kappa shape index (κ2) is 4.25. The van der Waals surface area contributed by atoms with Crippen molar-refractivity contribution >= 4 is 11.9 Å². The summed E-state index contributed by atoms with van der Waals surface area (Å²) in [5.41, 5.74) is 1.36. The van der Waals surface area contributed by atoms with Gasteiger partial charge in [0.25, 0.3) is 0 Å². The summed E-state index contributed by atoms with van der Waals surface area (Å²) < 4.78 is 1.87. The summed E-state index contributed by atoms with van der Waals surface area (Å²) in [6, 6.07) is 5.50. The van der Waals surface area contributed by atoms with Gasteiger partial charge in [-0.05, 0) is 31.5 Å². The van der Waals surface area contributed by atoms with Crippen LogP contribution in [0.4, 0.5) is 0 Å².